The van der Waals surface area contributed by atoms with Crippen molar-refractivity contribution in [3.8, 4) is 5.75 Å². The molecule has 0 aliphatic carbocycles. The van der Waals surface area contributed by atoms with E-state index >= 15 is 0 Å². The fourth-order valence-electron chi connectivity index (χ4n) is 1.40. The first-order valence-corrected chi connectivity index (χ1v) is 6.37. The third-order valence-electron chi connectivity index (χ3n) is 2.33. The van der Waals surface area contributed by atoms with Crippen LogP contribution in [0.2, 0.25) is 0 Å². The van der Waals surface area contributed by atoms with Gasteiger partial charge in [0.1, 0.15) is 5.75 Å². The second-order valence-corrected chi connectivity index (χ2v) is 4.39. The minimum Gasteiger partial charge on any atom is -0.497 e. The Morgan fingerprint density at radius 2 is 2.06 bits per heavy atom. The van der Waals surface area contributed by atoms with Crippen LogP contribution in [0.5, 0.6) is 5.75 Å². The Kier molecular flexibility index (Phi) is 4.15. The lowest BCUT2D eigenvalue weighted by Crippen LogP contribution is -2.07. The van der Waals surface area contributed by atoms with Gasteiger partial charge in [-0.25, -0.2) is 0 Å². The van der Waals surface area contributed by atoms with Crippen LogP contribution in [0.3, 0.4) is 0 Å². The van der Waals surface area contributed by atoms with Gasteiger partial charge in [0.15, 0.2) is 0 Å². The molecule has 0 saturated carbocycles. The van der Waals surface area contributed by atoms with E-state index in [1.165, 1.54) is 6.08 Å². The van der Waals surface area contributed by atoms with Crippen LogP contribution >= 0.6 is 11.3 Å². The molecule has 2 aromatic rings. The number of anilines is 1. The normalized spacial score (nSPS) is 10.5. The SMILES string of the molecule is COc1ccc(NC(=O)/C=C/c2ccsc2)cc1. The summed E-state index contributed by atoms with van der Waals surface area (Å²) in [4.78, 5) is 11.6. The highest BCUT2D eigenvalue weighted by atomic mass is 32.1. The summed E-state index contributed by atoms with van der Waals surface area (Å²) in [7, 11) is 1.61. The van der Waals surface area contributed by atoms with Crippen molar-refractivity contribution in [2.45, 2.75) is 0 Å². The smallest absolute Gasteiger partial charge is 0.248 e. The zero-order valence-corrected chi connectivity index (χ0v) is 10.7. The van der Waals surface area contributed by atoms with Crippen LogP contribution in [0.4, 0.5) is 5.69 Å². The van der Waals surface area contributed by atoms with Crippen LogP contribution in [-0.2, 0) is 4.79 Å². The Balaban J connectivity index is 1.94. The molecule has 1 aromatic heterocycles. The molecule has 18 heavy (non-hydrogen) atoms. The van der Waals surface area contributed by atoms with Crippen LogP contribution in [0.15, 0.2) is 47.2 Å². The van der Waals surface area contributed by atoms with Crippen LogP contribution in [-0.4, -0.2) is 13.0 Å². The summed E-state index contributed by atoms with van der Waals surface area (Å²) in [5.74, 6) is 0.619. The molecule has 0 bridgehead atoms. The molecule has 0 fully saturated rings. The van der Waals surface area contributed by atoms with Gasteiger partial charge >= 0.3 is 0 Å². The van der Waals surface area contributed by atoms with E-state index in [9.17, 15) is 4.79 Å². The summed E-state index contributed by atoms with van der Waals surface area (Å²) in [5, 5.41) is 6.73. The Bertz CT molecular complexity index is 529. The second-order valence-electron chi connectivity index (χ2n) is 3.61. The van der Waals surface area contributed by atoms with E-state index < -0.39 is 0 Å². The molecule has 92 valence electrons. The summed E-state index contributed by atoms with van der Waals surface area (Å²) >= 11 is 1.60. The van der Waals surface area contributed by atoms with Crippen molar-refractivity contribution >= 4 is 29.0 Å². The topological polar surface area (TPSA) is 38.3 Å². The van der Waals surface area contributed by atoms with E-state index in [-0.39, 0.29) is 5.91 Å². The summed E-state index contributed by atoms with van der Waals surface area (Å²) < 4.78 is 5.05. The molecule has 1 amide bonds. The van der Waals surface area contributed by atoms with Gasteiger partial charge < -0.3 is 10.1 Å². The largest absolute Gasteiger partial charge is 0.497 e. The molecule has 1 aromatic carbocycles. The van der Waals surface area contributed by atoms with Gasteiger partial charge in [-0.1, -0.05) is 0 Å². The molecule has 0 saturated heterocycles. The van der Waals surface area contributed by atoms with E-state index in [0.29, 0.717) is 0 Å². The van der Waals surface area contributed by atoms with E-state index in [1.54, 1.807) is 48.8 Å². The van der Waals surface area contributed by atoms with Gasteiger partial charge in [-0.15, -0.1) is 0 Å². The van der Waals surface area contributed by atoms with Crippen LogP contribution in [0.1, 0.15) is 5.56 Å². The lowest BCUT2D eigenvalue weighted by Gasteiger charge is -2.03. The minimum absolute atomic E-state index is 0.147. The first kappa shape index (κ1) is 12.4. The third kappa shape index (κ3) is 3.46. The molecule has 1 heterocycles. The lowest BCUT2D eigenvalue weighted by molar-refractivity contribution is -0.111. The summed E-state index contributed by atoms with van der Waals surface area (Å²) in [5.41, 5.74) is 1.78. The molecular weight excluding hydrogens is 246 g/mol. The molecule has 4 heteroatoms. The van der Waals surface area contributed by atoms with Gasteiger partial charge in [-0.2, -0.15) is 11.3 Å². The average molecular weight is 259 g/mol. The number of rotatable bonds is 4. The maximum absolute atomic E-state index is 11.6. The van der Waals surface area contributed by atoms with E-state index in [0.717, 1.165) is 17.0 Å². The molecule has 2 rings (SSSR count). The van der Waals surface area contributed by atoms with Crippen molar-refractivity contribution in [3.63, 3.8) is 0 Å². The number of carbonyl (C=O) groups is 1. The molecule has 0 unspecified atom stereocenters. The molecular formula is C14H13NO2S. The van der Waals surface area contributed by atoms with Gasteiger partial charge in [0.25, 0.3) is 0 Å². The number of thiophene rings is 1. The van der Waals surface area contributed by atoms with Gasteiger partial charge in [0, 0.05) is 11.8 Å². The minimum atomic E-state index is -0.147. The zero-order valence-electron chi connectivity index (χ0n) is 9.92. The highest BCUT2D eigenvalue weighted by Gasteiger charge is 1.98. The molecule has 0 spiro atoms. The van der Waals surface area contributed by atoms with E-state index in [2.05, 4.69) is 5.32 Å². The summed E-state index contributed by atoms with van der Waals surface area (Å²) in [6.07, 6.45) is 3.31. The van der Waals surface area contributed by atoms with Crippen molar-refractivity contribution in [2.24, 2.45) is 0 Å². The van der Waals surface area contributed by atoms with Crippen molar-refractivity contribution in [3.05, 3.63) is 52.7 Å². The highest BCUT2D eigenvalue weighted by molar-refractivity contribution is 7.08. The number of amides is 1. The number of hydrogen-bond donors (Lipinski definition) is 1. The van der Waals surface area contributed by atoms with E-state index in [4.69, 9.17) is 4.74 Å². The van der Waals surface area contributed by atoms with Crippen molar-refractivity contribution < 1.29 is 9.53 Å². The molecule has 3 nitrogen and oxygen atoms in total. The quantitative estimate of drug-likeness (QED) is 0.854. The fraction of sp³-hybridized carbons (Fsp3) is 0.0714. The van der Waals surface area contributed by atoms with Crippen molar-refractivity contribution in [1.82, 2.24) is 0 Å². The average Bonchev–Trinajstić information content (AvgIpc) is 2.90. The Labute approximate surface area is 110 Å². The Morgan fingerprint density at radius 3 is 2.67 bits per heavy atom. The first-order chi connectivity index (χ1) is 8.78. The van der Waals surface area contributed by atoms with Crippen molar-refractivity contribution in [1.29, 1.82) is 0 Å². The third-order valence-corrected chi connectivity index (χ3v) is 3.03. The molecule has 1 N–H and O–H groups in total. The van der Waals surface area contributed by atoms with Crippen LogP contribution in [0, 0.1) is 0 Å². The molecule has 0 aliphatic heterocycles. The Morgan fingerprint density at radius 1 is 1.28 bits per heavy atom. The number of ether oxygens (including phenoxy) is 1. The fourth-order valence-corrected chi connectivity index (χ4v) is 2.03. The maximum atomic E-state index is 11.6. The molecule has 0 atom stereocenters. The monoisotopic (exact) mass is 259 g/mol. The summed E-state index contributed by atoms with van der Waals surface area (Å²) in [6, 6.07) is 9.17. The number of hydrogen-bond acceptors (Lipinski definition) is 3. The van der Waals surface area contributed by atoms with Crippen molar-refractivity contribution in [2.75, 3.05) is 12.4 Å². The maximum Gasteiger partial charge on any atom is 0.248 e. The standard InChI is InChI=1S/C14H13NO2S/c1-17-13-5-3-12(4-6-13)15-14(16)7-2-11-8-9-18-10-11/h2-10H,1H3,(H,15,16)/b7-2+. The highest BCUT2D eigenvalue weighted by Crippen LogP contribution is 2.15. The van der Waals surface area contributed by atoms with E-state index in [1.807, 2.05) is 16.8 Å². The number of benzene rings is 1. The van der Waals surface area contributed by atoms with Gasteiger partial charge in [-0.05, 0) is 52.7 Å². The van der Waals surface area contributed by atoms with Gasteiger partial charge in [0.05, 0.1) is 7.11 Å². The molecule has 0 radical (unpaired) electrons. The molecule has 0 aliphatic rings. The predicted octanol–water partition coefficient (Wildman–Crippen LogP) is 3.41. The zero-order chi connectivity index (χ0) is 12.8. The first-order valence-electron chi connectivity index (χ1n) is 5.43. The summed E-state index contributed by atoms with van der Waals surface area (Å²) in [6.45, 7) is 0. The Hall–Kier alpha value is -2.07. The van der Waals surface area contributed by atoms with Gasteiger partial charge in [-0.3, -0.25) is 4.79 Å². The second kappa shape index (κ2) is 6.02. The number of carbonyl (C=O) groups excluding carboxylic acids is 1. The lowest BCUT2D eigenvalue weighted by atomic mass is 10.3. The van der Waals surface area contributed by atoms with Crippen LogP contribution in [0.25, 0.3) is 6.08 Å². The van der Waals surface area contributed by atoms with Crippen LogP contribution < -0.4 is 10.1 Å². The predicted molar refractivity (Wildman–Crippen MR) is 75.0 cm³/mol. The number of nitrogens with one attached hydrogen (secondary N) is 1. The van der Waals surface area contributed by atoms with Gasteiger partial charge in [0.2, 0.25) is 5.91 Å². The number of methoxy groups -OCH3 is 1.